The fourth-order valence-corrected chi connectivity index (χ4v) is 6.49. The highest BCUT2D eigenvalue weighted by Crippen LogP contribution is 2.47. The van der Waals surface area contributed by atoms with Gasteiger partial charge in [-0.3, -0.25) is 0 Å². The van der Waals surface area contributed by atoms with E-state index in [4.69, 9.17) is 4.74 Å². The van der Waals surface area contributed by atoms with Crippen molar-refractivity contribution in [3.63, 3.8) is 0 Å². The molecule has 2 heterocycles. The van der Waals surface area contributed by atoms with Crippen molar-refractivity contribution in [3.05, 3.63) is 140 Å². The van der Waals surface area contributed by atoms with Crippen LogP contribution in [0.25, 0.3) is 71.3 Å². The number of rotatable bonds is 2. The zero-order chi connectivity index (χ0) is 26.2. The molecule has 1 aliphatic rings. The molecule has 0 N–H and O–H groups in total. The van der Waals surface area contributed by atoms with E-state index in [1.54, 1.807) is 0 Å². The number of benzene rings is 7. The summed E-state index contributed by atoms with van der Waals surface area (Å²) in [5.41, 5.74) is 8.35. The van der Waals surface area contributed by atoms with Crippen molar-refractivity contribution in [2.75, 3.05) is 0 Å². The predicted octanol–water partition coefficient (Wildman–Crippen LogP) is 10.5. The molecular weight excluding hydrogens is 486 g/mol. The first-order valence-electron chi connectivity index (χ1n) is 13.7. The number of nitrogens with zero attached hydrogens (tertiary/aromatic N) is 1. The molecule has 1 aliphatic heterocycles. The van der Waals surface area contributed by atoms with Crippen molar-refractivity contribution >= 4 is 43.4 Å². The van der Waals surface area contributed by atoms with Gasteiger partial charge < -0.3 is 9.30 Å². The third-order valence-corrected chi connectivity index (χ3v) is 8.35. The summed E-state index contributed by atoms with van der Waals surface area (Å²) < 4.78 is 8.74. The van der Waals surface area contributed by atoms with E-state index in [0.29, 0.717) is 0 Å². The molecule has 0 unspecified atom stereocenters. The smallest absolute Gasteiger partial charge is 0.135 e. The van der Waals surface area contributed by atoms with Crippen LogP contribution in [0.1, 0.15) is 0 Å². The first-order chi connectivity index (χ1) is 19.8. The monoisotopic (exact) mass is 509 g/mol. The highest BCUT2D eigenvalue weighted by Gasteiger charge is 2.21. The first-order valence-corrected chi connectivity index (χ1v) is 13.7. The van der Waals surface area contributed by atoms with Gasteiger partial charge >= 0.3 is 0 Å². The van der Waals surface area contributed by atoms with Gasteiger partial charge in [-0.2, -0.15) is 0 Å². The van der Waals surface area contributed by atoms with Crippen LogP contribution >= 0.6 is 0 Å². The van der Waals surface area contributed by atoms with Crippen molar-refractivity contribution in [2.45, 2.75) is 0 Å². The van der Waals surface area contributed by atoms with Crippen LogP contribution in [0.3, 0.4) is 0 Å². The van der Waals surface area contributed by atoms with Crippen LogP contribution in [0.4, 0.5) is 0 Å². The molecule has 0 atom stereocenters. The van der Waals surface area contributed by atoms with Gasteiger partial charge in [-0.25, -0.2) is 0 Å². The Balaban J connectivity index is 1.24. The molecule has 8 aromatic rings. The summed E-state index contributed by atoms with van der Waals surface area (Å²) >= 11 is 0. The molecule has 0 amide bonds. The molecule has 0 radical (unpaired) electrons. The molecule has 0 spiro atoms. The third-order valence-electron chi connectivity index (χ3n) is 8.35. The van der Waals surface area contributed by atoms with Crippen molar-refractivity contribution in [1.82, 2.24) is 4.57 Å². The van der Waals surface area contributed by atoms with Gasteiger partial charge in [0.1, 0.15) is 11.5 Å². The molecule has 2 heteroatoms. The Morgan fingerprint density at radius 3 is 2.12 bits per heavy atom. The van der Waals surface area contributed by atoms with Crippen molar-refractivity contribution < 1.29 is 4.74 Å². The number of ether oxygens (including phenoxy) is 1. The molecule has 0 saturated carbocycles. The highest BCUT2D eigenvalue weighted by molar-refractivity contribution is 6.11. The molecule has 40 heavy (non-hydrogen) atoms. The minimum Gasteiger partial charge on any atom is -0.456 e. The molecule has 2 nitrogen and oxygen atoms in total. The number of hydrogen-bond donors (Lipinski definition) is 0. The van der Waals surface area contributed by atoms with Crippen LogP contribution in [0.15, 0.2) is 140 Å². The summed E-state index contributed by atoms with van der Waals surface area (Å²) in [6.45, 7) is 0. The molecule has 186 valence electrons. The van der Waals surface area contributed by atoms with E-state index >= 15 is 0 Å². The van der Waals surface area contributed by atoms with E-state index in [9.17, 15) is 0 Å². The van der Waals surface area contributed by atoms with Gasteiger partial charge in [-0.05, 0) is 81.4 Å². The predicted molar refractivity (Wildman–Crippen MR) is 167 cm³/mol. The third kappa shape index (κ3) is 3.05. The Morgan fingerprint density at radius 1 is 0.425 bits per heavy atom. The van der Waals surface area contributed by atoms with E-state index in [1.807, 2.05) is 0 Å². The lowest BCUT2D eigenvalue weighted by Crippen LogP contribution is -1.97. The Labute approximate surface area is 231 Å². The maximum absolute atomic E-state index is 6.35. The van der Waals surface area contributed by atoms with Gasteiger partial charge in [0, 0.05) is 27.4 Å². The van der Waals surface area contributed by atoms with Crippen LogP contribution in [0.2, 0.25) is 0 Å². The molecule has 0 saturated heterocycles. The van der Waals surface area contributed by atoms with Crippen LogP contribution in [-0.2, 0) is 0 Å². The molecule has 9 rings (SSSR count). The highest BCUT2D eigenvalue weighted by atomic mass is 16.5. The fraction of sp³-hybridized carbons (Fsp3) is 0. The van der Waals surface area contributed by atoms with E-state index in [-0.39, 0.29) is 0 Å². The second kappa shape index (κ2) is 8.08. The first kappa shape index (κ1) is 21.6. The molecule has 1 aromatic heterocycles. The largest absolute Gasteiger partial charge is 0.456 e. The Kier molecular flexibility index (Phi) is 4.36. The van der Waals surface area contributed by atoms with Crippen LogP contribution in [0.5, 0.6) is 11.5 Å². The zero-order valence-electron chi connectivity index (χ0n) is 21.6. The maximum atomic E-state index is 6.35. The Morgan fingerprint density at radius 2 is 1.18 bits per heavy atom. The average molecular weight is 510 g/mol. The van der Waals surface area contributed by atoms with Crippen molar-refractivity contribution in [3.8, 4) is 39.4 Å². The average Bonchev–Trinajstić information content (AvgIpc) is 3.35. The molecular formula is C38H23NO. The summed E-state index contributed by atoms with van der Waals surface area (Å²) in [4.78, 5) is 0. The van der Waals surface area contributed by atoms with E-state index in [0.717, 1.165) is 17.1 Å². The fourth-order valence-electron chi connectivity index (χ4n) is 6.49. The van der Waals surface area contributed by atoms with Crippen LogP contribution in [0, 0.1) is 0 Å². The van der Waals surface area contributed by atoms with Crippen molar-refractivity contribution in [1.29, 1.82) is 0 Å². The summed E-state index contributed by atoms with van der Waals surface area (Å²) in [5, 5.41) is 7.40. The normalized spacial score (nSPS) is 12.2. The van der Waals surface area contributed by atoms with E-state index in [2.05, 4.69) is 144 Å². The summed E-state index contributed by atoms with van der Waals surface area (Å²) in [5.74, 6) is 1.83. The summed E-state index contributed by atoms with van der Waals surface area (Å²) in [7, 11) is 0. The quantitative estimate of drug-likeness (QED) is 0.226. The van der Waals surface area contributed by atoms with Gasteiger partial charge in [0.05, 0.1) is 11.0 Å². The second-order valence-corrected chi connectivity index (χ2v) is 10.6. The maximum Gasteiger partial charge on any atom is 0.135 e. The molecule has 0 fully saturated rings. The Bertz CT molecular complexity index is 2300. The van der Waals surface area contributed by atoms with E-state index in [1.165, 1.54) is 65.7 Å². The lowest BCUT2D eigenvalue weighted by atomic mass is 9.92. The summed E-state index contributed by atoms with van der Waals surface area (Å²) in [6, 6.07) is 50.2. The summed E-state index contributed by atoms with van der Waals surface area (Å²) in [6.07, 6.45) is 0. The van der Waals surface area contributed by atoms with E-state index < -0.39 is 0 Å². The van der Waals surface area contributed by atoms with Gasteiger partial charge in [0.15, 0.2) is 0 Å². The van der Waals surface area contributed by atoms with Gasteiger partial charge in [0.2, 0.25) is 0 Å². The standard InChI is InChI=1S/C38H23NO/c1-2-8-26-21-29(18-15-24(26)7-1)39-34-13-4-3-11-30(34)32-22-27(16-19-35(32)39)28-17-20-36-33(23-28)31-12-5-9-25-10-6-14-37(40-36)38(25)31/h1-23H. The number of aromatic nitrogens is 1. The van der Waals surface area contributed by atoms with Gasteiger partial charge in [0.25, 0.3) is 0 Å². The van der Waals surface area contributed by atoms with Gasteiger partial charge in [-0.15, -0.1) is 0 Å². The number of fused-ring (bicyclic) bond motifs is 6. The van der Waals surface area contributed by atoms with Gasteiger partial charge in [-0.1, -0.05) is 91.0 Å². The van der Waals surface area contributed by atoms with Crippen LogP contribution in [-0.4, -0.2) is 4.57 Å². The minimum absolute atomic E-state index is 0.906. The lowest BCUT2D eigenvalue weighted by Gasteiger charge is -2.22. The minimum atomic E-state index is 0.906. The zero-order valence-corrected chi connectivity index (χ0v) is 21.6. The number of para-hydroxylation sites is 1. The number of hydrogen-bond acceptors (Lipinski definition) is 1. The Hall–Kier alpha value is -5.34. The second-order valence-electron chi connectivity index (χ2n) is 10.6. The van der Waals surface area contributed by atoms with Crippen LogP contribution < -0.4 is 4.74 Å². The topological polar surface area (TPSA) is 14.2 Å². The lowest BCUT2D eigenvalue weighted by molar-refractivity contribution is 0.487. The molecule has 7 aromatic carbocycles. The van der Waals surface area contributed by atoms with Crippen molar-refractivity contribution in [2.24, 2.45) is 0 Å². The SMILES string of the molecule is c1ccc2cc(-n3c4ccccc4c4cc(-c5ccc6c(c5)-c5cccc7cccc(c57)O6)ccc43)ccc2c1. The molecule has 0 bridgehead atoms. The molecule has 0 aliphatic carbocycles.